The van der Waals surface area contributed by atoms with Gasteiger partial charge >= 0.3 is 0 Å². The molecule has 0 N–H and O–H groups in total. The SMILES string of the molecule is C#CCn1c(=NC(=O)c2c(OC)cccc2OC)sc2cc(CC)ccc21. The largest absolute Gasteiger partial charge is 0.496 e. The smallest absolute Gasteiger partial charge is 0.287 e. The number of aromatic nitrogens is 1. The summed E-state index contributed by atoms with van der Waals surface area (Å²) in [7, 11) is 3.02. The molecule has 1 aromatic heterocycles. The maximum atomic E-state index is 12.9. The molecule has 0 atom stereocenters. The number of hydrogen-bond acceptors (Lipinski definition) is 4. The summed E-state index contributed by atoms with van der Waals surface area (Å²) < 4.78 is 13.6. The van der Waals surface area contributed by atoms with Crippen LogP contribution < -0.4 is 14.3 Å². The van der Waals surface area contributed by atoms with Gasteiger partial charge in [-0.25, -0.2) is 0 Å². The highest BCUT2D eigenvalue weighted by Gasteiger charge is 2.18. The zero-order valence-electron chi connectivity index (χ0n) is 15.5. The van der Waals surface area contributed by atoms with Gasteiger partial charge in [-0.2, -0.15) is 4.99 Å². The van der Waals surface area contributed by atoms with Crippen LogP contribution in [0, 0.1) is 12.3 Å². The lowest BCUT2D eigenvalue weighted by atomic mass is 10.1. The number of thiazole rings is 1. The third-order valence-electron chi connectivity index (χ3n) is 4.24. The van der Waals surface area contributed by atoms with Crippen LogP contribution in [-0.4, -0.2) is 24.7 Å². The molecule has 0 aliphatic rings. The molecular formula is C21H20N2O3S. The van der Waals surface area contributed by atoms with Crippen LogP contribution in [0.15, 0.2) is 41.4 Å². The molecule has 0 saturated carbocycles. The van der Waals surface area contributed by atoms with Crippen molar-refractivity contribution in [3.05, 3.63) is 52.3 Å². The summed E-state index contributed by atoms with van der Waals surface area (Å²) >= 11 is 1.44. The van der Waals surface area contributed by atoms with Crippen LogP contribution in [0.4, 0.5) is 0 Å². The van der Waals surface area contributed by atoms with E-state index in [1.807, 2.05) is 10.6 Å². The molecule has 0 aliphatic heterocycles. The van der Waals surface area contributed by atoms with Crippen molar-refractivity contribution in [1.29, 1.82) is 0 Å². The molecule has 3 rings (SSSR count). The average Bonchev–Trinajstić information content (AvgIpc) is 3.03. The van der Waals surface area contributed by atoms with Gasteiger partial charge in [0.25, 0.3) is 5.91 Å². The van der Waals surface area contributed by atoms with Crippen molar-refractivity contribution in [2.45, 2.75) is 19.9 Å². The van der Waals surface area contributed by atoms with Crippen LogP contribution in [-0.2, 0) is 13.0 Å². The molecular weight excluding hydrogens is 360 g/mol. The highest BCUT2D eigenvalue weighted by atomic mass is 32.1. The molecule has 27 heavy (non-hydrogen) atoms. The van der Waals surface area contributed by atoms with E-state index in [1.54, 1.807) is 18.2 Å². The minimum Gasteiger partial charge on any atom is -0.496 e. The maximum Gasteiger partial charge on any atom is 0.287 e. The van der Waals surface area contributed by atoms with E-state index in [2.05, 4.69) is 30.0 Å². The summed E-state index contributed by atoms with van der Waals surface area (Å²) in [6.45, 7) is 2.44. The third kappa shape index (κ3) is 3.60. The van der Waals surface area contributed by atoms with E-state index in [9.17, 15) is 4.79 Å². The summed E-state index contributed by atoms with van der Waals surface area (Å²) in [4.78, 5) is 17.8. The lowest BCUT2D eigenvalue weighted by Gasteiger charge is -2.09. The Morgan fingerprint density at radius 3 is 2.52 bits per heavy atom. The molecule has 0 aliphatic carbocycles. The van der Waals surface area contributed by atoms with Gasteiger partial charge in [0.1, 0.15) is 17.1 Å². The first-order valence-electron chi connectivity index (χ1n) is 8.48. The molecule has 5 nitrogen and oxygen atoms in total. The Morgan fingerprint density at radius 2 is 1.93 bits per heavy atom. The zero-order chi connectivity index (χ0) is 19.4. The molecule has 0 saturated heterocycles. The number of carbonyl (C=O) groups is 1. The monoisotopic (exact) mass is 380 g/mol. The van der Waals surface area contributed by atoms with Gasteiger partial charge in [-0.15, -0.1) is 6.42 Å². The van der Waals surface area contributed by atoms with E-state index in [1.165, 1.54) is 31.1 Å². The number of hydrogen-bond donors (Lipinski definition) is 0. The molecule has 2 aromatic carbocycles. The third-order valence-corrected chi connectivity index (χ3v) is 5.28. The Kier molecular flexibility index (Phi) is 5.63. The first kappa shape index (κ1) is 18.7. The second kappa shape index (κ2) is 8.11. The van der Waals surface area contributed by atoms with Crippen LogP contribution >= 0.6 is 11.3 Å². The van der Waals surface area contributed by atoms with Gasteiger partial charge in [-0.05, 0) is 36.2 Å². The molecule has 6 heteroatoms. The average molecular weight is 380 g/mol. The fourth-order valence-electron chi connectivity index (χ4n) is 2.87. The molecule has 0 unspecified atom stereocenters. The number of rotatable bonds is 5. The van der Waals surface area contributed by atoms with E-state index in [4.69, 9.17) is 15.9 Å². The van der Waals surface area contributed by atoms with Crippen LogP contribution in [0.25, 0.3) is 10.2 Å². The van der Waals surface area contributed by atoms with Crippen molar-refractivity contribution < 1.29 is 14.3 Å². The summed E-state index contributed by atoms with van der Waals surface area (Å²) in [5, 5.41) is 0. The Bertz CT molecular complexity index is 1080. The van der Waals surface area contributed by atoms with Gasteiger partial charge in [0, 0.05) is 0 Å². The first-order valence-corrected chi connectivity index (χ1v) is 9.30. The van der Waals surface area contributed by atoms with E-state index in [-0.39, 0.29) is 0 Å². The summed E-state index contributed by atoms with van der Waals surface area (Å²) in [5.41, 5.74) is 2.48. The van der Waals surface area contributed by atoms with Crippen LogP contribution in [0.2, 0.25) is 0 Å². The number of methoxy groups -OCH3 is 2. The van der Waals surface area contributed by atoms with Crippen LogP contribution in [0.5, 0.6) is 11.5 Å². The number of carbonyl (C=O) groups excluding carboxylic acids is 1. The fourth-order valence-corrected chi connectivity index (χ4v) is 3.96. The molecule has 0 radical (unpaired) electrons. The quantitative estimate of drug-likeness (QED) is 0.635. The van der Waals surface area contributed by atoms with Gasteiger partial charge < -0.3 is 14.0 Å². The molecule has 0 spiro atoms. The van der Waals surface area contributed by atoms with Crippen molar-refractivity contribution in [2.75, 3.05) is 14.2 Å². The second-order valence-electron chi connectivity index (χ2n) is 5.79. The Morgan fingerprint density at radius 1 is 1.22 bits per heavy atom. The number of ether oxygens (including phenoxy) is 2. The van der Waals surface area contributed by atoms with Gasteiger partial charge in [0.15, 0.2) is 4.80 Å². The van der Waals surface area contributed by atoms with Gasteiger partial charge in [-0.3, -0.25) is 4.79 Å². The van der Waals surface area contributed by atoms with Crippen molar-refractivity contribution in [1.82, 2.24) is 4.57 Å². The predicted octanol–water partition coefficient (Wildman–Crippen LogP) is 3.66. The molecule has 0 bridgehead atoms. The minimum absolute atomic E-state index is 0.293. The van der Waals surface area contributed by atoms with Gasteiger partial charge in [-0.1, -0.05) is 36.3 Å². The second-order valence-corrected chi connectivity index (χ2v) is 6.79. The van der Waals surface area contributed by atoms with Gasteiger partial charge in [0.05, 0.1) is 31.0 Å². The topological polar surface area (TPSA) is 52.8 Å². The zero-order valence-corrected chi connectivity index (χ0v) is 16.3. The Labute approximate surface area is 161 Å². The summed E-state index contributed by atoms with van der Waals surface area (Å²) in [5.74, 6) is 3.04. The number of amides is 1. The van der Waals surface area contributed by atoms with Crippen LogP contribution in [0.3, 0.4) is 0 Å². The Hall–Kier alpha value is -3.04. The number of terminal acetylenes is 1. The van der Waals surface area contributed by atoms with Crippen molar-refractivity contribution in [3.8, 4) is 23.8 Å². The number of benzene rings is 2. The lowest BCUT2D eigenvalue weighted by molar-refractivity contribution is 0.0992. The number of nitrogens with zero attached hydrogens (tertiary/aromatic N) is 2. The predicted molar refractivity (Wildman–Crippen MR) is 107 cm³/mol. The molecule has 1 heterocycles. The Balaban J connectivity index is 2.20. The fraction of sp³-hybridized carbons (Fsp3) is 0.238. The number of aryl methyl sites for hydroxylation is 1. The molecule has 138 valence electrons. The first-order chi connectivity index (χ1) is 13.1. The van der Waals surface area contributed by atoms with E-state index < -0.39 is 5.91 Å². The standard InChI is InChI=1S/C21H20N2O3S/c1-5-12-23-15-11-10-14(6-2)13-18(15)27-21(23)22-20(24)19-16(25-3)8-7-9-17(19)26-4/h1,7-11,13H,6,12H2,2-4H3. The summed E-state index contributed by atoms with van der Waals surface area (Å²) in [6.07, 6.45) is 6.47. The van der Waals surface area contributed by atoms with E-state index >= 15 is 0 Å². The van der Waals surface area contributed by atoms with Crippen molar-refractivity contribution in [3.63, 3.8) is 0 Å². The lowest BCUT2D eigenvalue weighted by Crippen LogP contribution is -2.17. The molecule has 1 amide bonds. The van der Waals surface area contributed by atoms with Crippen molar-refractivity contribution >= 4 is 27.5 Å². The van der Waals surface area contributed by atoms with E-state index in [0.717, 1.165) is 16.6 Å². The number of fused-ring (bicyclic) bond motifs is 1. The maximum absolute atomic E-state index is 12.9. The van der Waals surface area contributed by atoms with Crippen molar-refractivity contribution in [2.24, 2.45) is 4.99 Å². The van der Waals surface area contributed by atoms with E-state index in [0.29, 0.717) is 28.4 Å². The normalized spacial score (nSPS) is 11.4. The minimum atomic E-state index is -0.433. The van der Waals surface area contributed by atoms with Crippen LogP contribution in [0.1, 0.15) is 22.8 Å². The molecule has 0 fully saturated rings. The summed E-state index contributed by atoms with van der Waals surface area (Å²) in [6, 6.07) is 11.4. The highest BCUT2D eigenvalue weighted by Crippen LogP contribution is 2.29. The highest BCUT2D eigenvalue weighted by molar-refractivity contribution is 7.16. The molecule has 3 aromatic rings. The van der Waals surface area contributed by atoms with Gasteiger partial charge in [0.2, 0.25) is 0 Å².